The second-order valence-electron chi connectivity index (χ2n) is 9.12. The lowest BCUT2D eigenvalue weighted by molar-refractivity contribution is -0.126. The Balaban J connectivity index is 1.33. The summed E-state index contributed by atoms with van der Waals surface area (Å²) in [6.45, 7) is 2.91. The van der Waals surface area contributed by atoms with Gasteiger partial charge in [-0.2, -0.15) is 0 Å². The molecular weight excluding hydrogens is 420 g/mol. The molecule has 1 atom stereocenters. The van der Waals surface area contributed by atoms with E-state index in [2.05, 4.69) is 30.4 Å². The molecular formula is C26H34N2O3S. The van der Waals surface area contributed by atoms with Crippen molar-refractivity contribution in [3.63, 3.8) is 0 Å². The number of hydrogen-bond acceptors (Lipinski definition) is 3. The van der Waals surface area contributed by atoms with Gasteiger partial charge in [0.05, 0.1) is 11.8 Å². The molecule has 2 aliphatic rings. The average molecular weight is 455 g/mol. The van der Waals surface area contributed by atoms with Crippen molar-refractivity contribution in [1.82, 2.24) is 9.62 Å². The molecule has 1 amide bonds. The summed E-state index contributed by atoms with van der Waals surface area (Å²) >= 11 is 0. The molecule has 0 spiro atoms. The molecule has 5 nitrogen and oxygen atoms in total. The highest BCUT2D eigenvalue weighted by Crippen LogP contribution is 2.27. The highest BCUT2D eigenvalue weighted by Gasteiger charge is 2.32. The Morgan fingerprint density at radius 1 is 1.03 bits per heavy atom. The predicted molar refractivity (Wildman–Crippen MR) is 128 cm³/mol. The molecule has 2 aromatic carbocycles. The number of benzene rings is 2. The number of hydrogen-bond donors (Lipinski definition) is 1. The Bertz CT molecular complexity index is 1030. The Kier molecular flexibility index (Phi) is 7.31. The van der Waals surface area contributed by atoms with E-state index in [1.54, 1.807) is 4.31 Å². The second-order valence-corrected chi connectivity index (χ2v) is 11.1. The highest BCUT2D eigenvalue weighted by molar-refractivity contribution is 7.88. The van der Waals surface area contributed by atoms with Crippen LogP contribution < -0.4 is 5.32 Å². The number of rotatable bonds is 7. The van der Waals surface area contributed by atoms with Crippen LogP contribution in [0.2, 0.25) is 0 Å². The molecule has 1 N–H and O–H groups in total. The Morgan fingerprint density at radius 3 is 2.41 bits per heavy atom. The molecule has 4 rings (SSSR count). The van der Waals surface area contributed by atoms with E-state index < -0.39 is 10.0 Å². The summed E-state index contributed by atoms with van der Waals surface area (Å²) < 4.78 is 27.1. The standard InChI is InChI=1S/C26H34N2O3S/c1-2-25(24-13-12-21-10-6-7-11-23(21)18-24)27-26(29)22-14-16-28(17-15-22)32(30,31)19-20-8-4-3-5-9-20/h3-5,8-9,12-13,18,22,25H,2,6-7,10-11,14-17,19H2,1H3,(H,27,29)/t25-/m1/s1. The van der Waals surface area contributed by atoms with Crippen molar-refractivity contribution < 1.29 is 13.2 Å². The molecule has 0 saturated carbocycles. The van der Waals surface area contributed by atoms with Crippen LogP contribution in [0.1, 0.15) is 67.3 Å². The summed E-state index contributed by atoms with van der Waals surface area (Å²) in [6.07, 6.45) is 6.77. The number of nitrogens with zero attached hydrogens (tertiary/aromatic N) is 1. The van der Waals surface area contributed by atoms with E-state index in [-0.39, 0.29) is 23.6 Å². The second kappa shape index (κ2) is 10.2. The Morgan fingerprint density at radius 2 is 1.72 bits per heavy atom. The van der Waals surface area contributed by atoms with E-state index in [0.29, 0.717) is 25.9 Å². The maximum atomic E-state index is 13.0. The van der Waals surface area contributed by atoms with Gasteiger partial charge in [-0.1, -0.05) is 55.5 Å². The van der Waals surface area contributed by atoms with Crippen LogP contribution >= 0.6 is 0 Å². The van der Waals surface area contributed by atoms with Crippen LogP contribution in [0.3, 0.4) is 0 Å². The topological polar surface area (TPSA) is 66.5 Å². The minimum Gasteiger partial charge on any atom is -0.349 e. The number of amides is 1. The monoisotopic (exact) mass is 454 g/mol. The van der Waals surface area contributed by atoms with Gasteiger partial charge in [-0.05, 0) is 67.2 Å². The first-order chi connectivity index (χ1) is 15.5. The van der Waals surface area contributed by atoms with Crippen molar-refractivity contribution in [1.29, 1.82) is 0 Å². The number of piperidine rings is 1. The van der Waals surface area contributed by atoms with Crippen molar-refractivity contribution in [2.45, 2.75) is 63.7 Å². The van der Waals surface area contributed by atoms with Gasteiger partial charge < -0.3 is 5.32 Å². The largest absolute Gasteiger partial charge is 0.349 e. The van der Waals surface area contributed by atoms with Crippen LogP contribution in [-0.2, 0) is 33.4 Å². The number of carbonyl (C=O) groups is 1. The zero-order valence-electron chi connectivity index (χ0n) is 18.9. The lowest BCUT2D eigenvalue weighted by atomic mass is 9.88. The van der Waals surface area contributed by atoms with Gasteiger partial charge >= 0.3 is 0 Å². The number of carbonyl (C=O) groups excluding carboxylic acids is 1. The van der Waals surface area contributed by atoms with Crippen LogP contribution in [0.15, 0.2) is 48.5 Å². The van der Waals surface area contributed by atoms with E-state index in [4.69, 9.17) is 0 Å². The summed E-state index contributed by atoms with van der Waals surface area (Å²) in [7, 11) is -3.36. The average Bonchev–Trinajstić information content (AvgIpc) is 2.82. The van der Waals surface area contributed by atoms with Gasteiger partial charge in [0.1, 0.15) is 0 Å². The van der Waals surface area contributed by atoms with Gasteiger partial charge in [-0.3, -0.25) is 4.79 Å². The van der Waals surface area contributed by atoms with Crippen molar-refractivity contribution in [2.75, 3.05) is 13.1 Å². The minimum atomic E-state index is -3.36. The lowest BCUT2D eigenvalue weighted by Crippen LogP contribution is -2.44. The molecule has 1 saturated heterocycles. The third-order valence-electron chi connectivity index (χ3n) is 6.91. The highest BCUT2D eigenvalue weighted by atomic mass is 32.2. The third kappa shape index (κ3) is 5.41. The lowest BCUT2D eigenvalue weighted by Gasteiger charge is -2.31. The van der Waals surface area contributed by atoms with Gasteiger partial charge in [0, 0.05) is 19.0 Å². The smallest absolute Gasteiger partial charge is 0.223 e. The molecule has 6 heteroatoms. The zero-order chi connectivity index (χ0) is 22.6. The summed E-state index contributed by atoms with van der Waals surface area (Å²) in [5.74, 6) is -0.0689. The van der Waals surface area contributed by atoms with Gasteiger partial charge in [-0.25, -0.2) is 12.7 Å². The van der Waals surface area contributed by atoms with Gasteiger partial charge in [0.2, 0.25) is 15.9 Å². The van der Waals surface area contributed by atoms with Crippen LogP contribution in [0, 0.1) is 5.92 Å². The molecule has 0 radical (unpaired) electrons. The van der Waals surface area contributed by atoms with Gasteiger partial charge in [0.15, 0.2) is 0 Å². The molecule has 1 heterocycles. The van der Waals surface area contributed by atoms with Crippen LogP contribution in [-0.4, -0.2) is 31.7 Å². The fourth-order valence-electron chi connectivity index (χ4n) is 4.95. The van der Waals surface area contributed by atoms with E-state index in [1.165, 1.54) is 29.5 Å². The molecule has 1 fully saturated rings. The van der Waals surface area contributed by atoms with Crippen LogP contribution in [0.5, 0.6) is 0 Å². The summed E-state index contributed by atoms with van der Waals surface area (Å²) in [5.41, 5.74) is 4.86. The van der Waals surface area contributed by atoms with Gasteiger partial charge in [0.25, 0.3) is 0 Å². The maximum absolute atomic E-state index is 13.0. The summed E-state index contributed by atoms with van der Waals surface area (Å²) in [5, 5.41) is 3.25. The quantitative estimate of drug-likeness (QED) is 0.675. The fourth-order valence-corrected chi connectivity index (χ4v) is 6.52. The predicted octanol–water partition coefficient (Wildman–Crippen LogP) is 4.37. The van der Waals surface area contributed by atoms with Crippen molar-refractivity contribution in [3.8, 4) is 0 Å². The van der Waals surface area contributed by atoms with Gasteiger partial charge in [-0.15, -0.1) is 0 Å². The molecule has 0 bridgehead atoms. The first-order valence-corrected chi connectivity index (χ1v) is 13.5. The molecule has 1 aliphatic carbocycles. The number of sulfonamides is 1. The van der Waals surface area contributed by atoms with E-state index in [9.17, 15) is 13.2 Å². The fraction of sp³-hybridized carbons (Fsp3) is 0.500. The van der Waals surface area contributed by atoms with E-state index in [1.807, 2.05) is 30.3 Å². The third-order valence-corrected chi connectivity index (χ3v) is 8.76. The molecule has 172 valence electrons. The van der Waals surface area contributed by atoms with Crippen molar-refractivity contribution in [3.05, 3.63) is 70.8 Å². The number of fused-ring (bicyclic) bond motifs is 1. The summed E-state index contributed by atoms with van der Waals surface area (Å²) in [4.78, 5) is 13.0. The van der Waals surface area contributed by atoms with Crippen molar-refractivity contribution in [2.24, 2.45) is 5.92 Å². The first-order valence-electron chi connectivity index (χ1n) is 11.9. The number of nitrogens with one attached hydrogen (secondary N) is 1. The molecule has 2 aromatic rings. The molecule has 0 aromatic heterocycles. The first kappa shape index (κ1) is 23.0. The molecule has 32 heavy (non-hydrogen) atoms. The zero-order valence-corrected chi connectivity index (χ0v) is 19.7. The Hall–Kier alpha value is -2.18. The molecule has 0 unspecified atom stereocenters. The van der Waals surface area contributed by atoms with E-state index >= 15 is 0 Å². The summed E-state index contributed by atoms with van der Waals surface area (Å²) in [6, 6.07) is 16.0. The Labute approximate surface area is 192 Å². The normalized spacial score (nSPS) is 18.7. The molecule has 1 aliphatic heterocycles. The van der Waals surface area contributed by atoms with Crippen molar-refractivity contribution >= 4 is 15.9 Å². The minimum absolute atomic E-state index is 0.00886. The SMILES string of the molecule is CC[C@@H](NC(=O)C1CCN(S(=O)(=O)Cc2ccccc2)CC1)c1ccc2c(c1)CCCC2. The maximum Gasteiger partial charge on any atom is 0.223 e. The number of aryl methyl sites for hydroxylation is 2. The van der Waals surface area contributed by atoms with E-state index in [0.717, 1.165) is 24.8 Å². The van der Waals surface area contributed by atoms with Crippen LogP contribution in [0.25, 0.3) is 0 Å². The van der Waals surface area contributed by atoms with Crippen LogP contribution in [0.4, 0.5) is 0 Å².